The fourth-order valence-electron chi connectivity index (χ4n) is 1.87. The smallest absolute Gasteiger partial charge is 0.322 e. The van der Waals surface area contributed by atoms with E-state index in [0.29, 0.717) is 25.5 Å². The van der Waals surface area contributed by atoms with Crippen LogP contribution in [0.5, 0.6) is 6.01 Å². The largest absolute Gasteiger partial charge is 0.464 e. The summed E-state index contributed by atoms with van der Waals surface area (Å²) in [5, 5.41) is 3.01. The number of sulfone groups is 1. The average Bonchev–Trinajstić information content (AvgIpc) is 2.66. The molecule has 0 bridgehead atoms. The van der Waals surface area contributed by atoms with Crippen LogP contribution < -0.4 is 10.1 Å². The Morgan fingerprint density at radius 1 is 1.42 bits per heavy atom. The van der Waals surface area contributed by atoms with Crippen molar-refractivity contribution in [3.05, 3.63) is 5.28 Å². The van der Waals surface area contributed by atoms with Gasteiger partial charge in [-0.3, -0.25) is 0 Å². The van der Waals surface area contributed by atoms with Gasteiger partial charge in [0.15, 0.2) is 9.84 Å². The molecule has 2 rings (SSSR count). The van der Waals surface area contributed by atoms with Gasteiger partial charge in [0.1, 0.15) is 0 Å². The van der Waals surface area contributed by atoms with E-state index in [1.54, 1.807) is 0 Å². The highest BCUT2D eigenvalue weighted by Gasteiger charge is 2.27. The number of halogens is 1. The highest BCUT2D eigenvalue weighted by atomic mass is 35.5. The third-order valence-corrected chi connectivity index (χ3v) is 4.74. The van der Waals surface area contributed by atoms with Gasteiger partial charge in [-0.1, -0.05) is 0 Å². The van der Waals surface area contributed by atoms with Crippen LogP contribution in [0.1, 0.15) is 13.3 Å². The quantitative estimate of drug-likeness (QED) is 0.858. The average molecular weight is 307 g/mol. The summed E-state index contributed by atoms with van der Waals surface area (Å²) >= 11 is 5.75. The number of rotatable bonds is 5. The normalized spacial score (nSPS) is 21.3. The van der Waals surface area contributed by atoms with Crippen molar-refractivity contribution in [1.82, 2.24) is 15.0 Å². The molecule has 1 aromatic heterocycles. The van der Waals surface area contributed by atoms with Crippen LogP contribution >= 0.6 is 11.6 Å². The molecule has 1 atom stereocenters. The van der Waals surface area contributed by atoms with Crippen LogP contribution in [-0.4, -0.2) is 48.0 Å². The van der Waals surface area contributed by atoms with Gasteiger partial charge in [0, 0.05) is 6.54 Å². The maximum Gasteiger partial charge on any atom is 0.322 e. The van der Waals surface area contributed by atoms with Gasteiger partial charge in [0.25, 0.3) is 0 Å². The van der Waals surface area contributed by atoms with Gasteiger partial charge in [-0.05, 0) is 30.9 Å². The molecular formula is C10H15ClN4O3S. The second-order valence-electron chi connectivity index (χ2n) is 4.29. The molecule has 2 heterocycles. The van der Waals surface area contributed by atoms with E-state index in [1.165, 1.54) is 0 Å². The van der Waals surface area contributed by atoms with Crippen LogP contribution in [0.15, 0.2) is 0 Å². The lowest BCUT2D eigenvalue weighted by Gasteiger charge is -2.10. The number of aromatic nitrogens is 3. The molecule has 1 aliphatic rings. The lowest BCUT2D eigenvalue weighted by atomic mass is 10.1. The molecular weight excluding hydrogens is 292 g/mol. The summed E-state index contributed by atoms with van der Waals surface area (Å²) < 4.78 is 27.8. The van der Waals surface area contributed by atoms with Crippen molar-refractivity contribution < 1.29 is 13.2 Å². The molecule has 1 aromatic rings. The van der Waals surface area contributed by atoms with Gasteiger partial charge >= 0.3 is 6.01 Å². The van der Waals surface area contributed by atoms with Gasteiger partial charge in [-0.15, -0.1) is 0 Å². The van der Waals surface area contributed by atoms with E-state index in [0.717, 1.165) is 0 Å². The fourth-order valence-corrected chi connectivity index (χ4v) is 3.89. The van der Waals surface area contributed by atoms with Crippen molar-refractivity contribution in [1.29, 1.82) is 0 Å². The van der Waals surface area contributed by atoms with E-state index in [1.807, 2.05) is 6.92 Å². The lowest BCUT2D eigenvalue weighted by Crippen LogP contribution is -2.17. The summed E-state index contributed by atoms with van der Waals surface area (Å²) in [6.07, 6.45) is 0.659. The van der Waals surface area contributed by atoms with Crippen molar-refractivity contribution in [2.75, 3.05) is 30.0 Å². The summed E-state index contributed by atoms with van der Waals surface area (Å²) in [5.41, 5.74) is 0. The standard InChI is InChI=1S/C10H15ClN4O3S/c1-2-18-10-14-8(11)13-9(15-10)12-5-7-3-4-19(16,17)6-7/h7H,2-6H2,1H3,(H,12,13,14,15). The van der Waals surface area contributed by atoms with Crippen LogP contribution in [0.3, 0.4) is 0 Å². The van der Waals surface area contributed by atoms with Crippen LogP contribution in [0.25, 0.3) is 0 Å². The maximum absolute atomic E-state index is 11.3. The number of anilines is 1. The second kappa shape index (κ2) is 5.87. The molecule has 7 nitrogen and oxygen atoms in total. The zero-order chi connectivity index (χ0) is 13.9. The highest BCUT2D eigenvalue weighted by Crippen LogP contribution is 2.19. The zero-order valence-electron chi connectivity index (χ0n) is 10.5. The molecule has 1 N–H and O–H groups in total. The van der Waals surface area contributed by atoms with E-state index in [4.69, 9.17) is 16.3 Å². The summed E-state index contributed by atoms with van der Waals surface area (Å²) in [7, 11) is -2.87. The molecule has 1 aliphatic heterocycles. The molecule has 0 saturated carbocycles. The zero-order valence-corrected chi connectivity index (χ0v) is 12.0. The Bertz CT molecular complexity index is 552. The number of ether oxygens (including phenoxy) is 1. The van der Waals surface area contributed by atoms with Crippen molar-refractivity contribution >= 4 is 27.4 Å². The Labute approximate surface area is 116 Å². The molecule has 19 heavy (non-hydrogen) atoms. The van der Waals surface area contributed by atoms with Gasteiger partial charge in [0.05, 0.1) is 18.1 Å². The number of nitrogens with zero attached hydrogens (tertiary/aromatic N) is 3. The fraction of sp³-hybridized carbons (Fsp3) is 0.700. The first-order valence-corrected chi connectivity index (χ1v) is 8.17. The van der Waals surface area contributed by atoms with Gasteiger partial charge < -0.3 is 10.1 Å². The topological polar surface area (TPSA) is 94.1 Å². The minimum atomic E-state index is -2.87. The minimum absolute atomic E-state index is 0.0417. The van der Waals surface area contributed by atoms with E-state index in [2.05, 4.69) is 20.3 Å². The minimum Gasteiger partial charge on any atom is -0.464 e. The molecule has 0 aliphatic carbocycles. The number of hydrogen-bond acceptors (Lipinski definition) is 7. The lowest BCUT2D eigenvalue weighted by molar-refractivity contribution is 0.312. The molecule has 0 amide bonds. The monoisotopic (exact) mass is 306 g/mol. The highest BCUT2D eigenvalue weighted by molar-refractivity contribution is 7.91. The van der Waals surface area contributed by atoms with Gasteiger partial charge in [0.2, 0.25) is 11.2 Å². The number of nitrogens with one attached hydrogen (secondary N) is 1. The molecule has 106 valence electrons. The summed E-state index contributed by atoms with van der Waals surface area (Å²) in [5.74, 6) is 0.836. The first-order chi connectivity index (χ1) is 8.98. The first-order valence-electron chi connectivity index (χ1n) is 5.97. The summed E-state index contributed by atoms with van der Waals surface area (Å²) in [4.78, 5) is 11.8. The third-order valence-electron chi connectivity index (χ3n) is 2.74. The molecule has 1 unspecified atom stereocenters. The Hall–Kier alpha value is -1.15. The van der Waals surface area contributed by atoms with Gasteiger partial charge in [-0.25, -0.2) is 8.42 Å². The van der Waals surface area contributed by atoms with E-state index >= 15 is 0 Å². The van der Waals surface area contributed by atoms with Crippen molar-refractivity contribution in [2.45, 2.75) is 13.3 Å². The predicted octanol–water partition coefficient (Wildman–Crippen LogP) is 0.770. The Morgan fingerprint density at radius 3 is 2.84 bits per heavy atom. The molecule has 0 aromatic carbocycles. The van der Waals surface area contributed by atoms with Crippen LogP contribution in [0.4, 0.5) is 5.95 Å². The third kappa shape index (κ3) is 4.17. The van der Waals surface area contributed by atoms with E-state index in [9.17, 15) is 8.42 Å². The van der Waals surface area contributed by atoms with Crippen LogP contribution in [0.2, 0.25) is 5.28 Å². The van der Waals surface area contributed by atoms with Crippen LogP contribution in [0, 0.1) is 5.92 Å². The van der Waals surface area contributed by atoms with Gasteiger partial charge in [-0.2, -0.15) is 15.0 Å². The maximum atomic E-state index is 11.3. The predicted molar refractivity (Wildman–Crippen MR) is 71.3 cm³/mol. The van der Waals surface area contributed by atoms with Crippen molar-refractivity contribution in [3.63, 3.8) is 0 Å². The van der Waals surface area contributed by atoms with E-state index in [-0.39, 0.29) is 28.7 Å². The summed E-state index contributed by atoms with van der Waals surface area (Å²) in [6, 6.07) is 0.157. The molecule has 1 fully saturated rings. The Morgan fingerprint density at radius 2 is 2.21 bits per heavy atom. The Balaban J connectivity index is 1.96. The number of hydrogen-bond donors (Lipinski definition) is 1. The summed E-state index contributed by atoms with van der Waals surface area (Å²) in [6.45, 7) is 2.74. The molecule has 0 radical (unpaired) electrons. The Kier molecular flexibility index (Phi) is 4.41. The molecule has 0 spiro atoms. The first kappa shape index (κ1) is 14.3. The SMILES string of the molecule is CCOc1nc(Cl)nc(NCC2CCS(=O)(=O)C2)n1. The second-order valence-corrected chi connectivity index (χ2v) is 6.86. The van der Waals surface area contributed by atoms with E-state index < -0.39 is 9.84 Å². The van der Waals surface area contributed by atoms with Crippen molar-refractivity contribution in [3.8, 4) is 6.01 Å². The van der Waals surface area contributed by atoms with Crippen LogP contribution in [-0.2, 0) is 9.84 Å². The molecule has 9 heteroatoms. The van der Waals surface area contributed by atoms with Crippen molar-refractivity contribution in [2.24, 2.45) is 5.92 Å². The molecule has 1 saturated heterocycles.